The van der Waals surface area contributed by atoms with E-state index < -0.39 is 54.3 Å². The molecule has 2 amide bonds. The average Bonchev–Trinajstić information content (AvgIpc) is 4.06. The molecule has 1 saturated heterocycles. The topological polar surface area (TPSA) is 174 Å². The summed E-state index contributed by atoms with van der Waals surface area (Å²) in [5.74, 6) is -2.35. The molecule has 0 bridgehead atoms. The van der Waals surface area contributed by atoms with Gasteiger partial charge >= 0.3 is 17.9 Å². The fraction of sp³-hybridized carbons (Fsp3) is 0.226. The van der Waals surface area contributed by atoms with Crippen LogP contribution >= 0.6 is 0 Å². The Balaban J connectivity index is 1.26. The lowest BCUT2D eigenvalue weighted by Gasteiger charge is -2.25. The van der Waals surface area contributed by atoms with Crippen molar-refractivity contribution in [2.24, 2.45) is 0 Å². The summed E-state index contributed by atoms with van der Waals surface area (Å²) in [5.41, 5.74) is 4.65. The molecule has 68 heavy (non-hydrogen) atoms. The second-order valence-corrected chi connectivity index (χ2v) is 16.6. The van der Waals surface area contributed by atoms with Crippen molar-refractivity contribution in [2.75, 3.05) is 13.3 Å². The van der Waals surface area contributed by atoms with E-state index in [9.17, 15) is 14.4 Å². The number of hydrogen-bond acceptors (Lipinski definition) is 12. The first-order valence-electron chi connectivity index (χ1n) is 22.1. The van der Waals surface area contributed by atoms with Crippen molar-refractivity contribution in [1.82, 2.24) is 14.5 Å². The summed E-state index contributed by atoms with van der Waals surface area (Å²) in [4.78, 5) is 73.0. The first-order valence-corrected chi connectivity index (χ1v) is 22.1. The number of nitrogens with zero attached hydrogens (tertiary/aromatic N) is 2. The molecule has 2 aliphatic rings. The molecule has 1 fully saturated rings. The van der Waals surface area contributed by atoms with E-state index >= 15 is 9.59 Å². The maximum atomic E-state index is 15.2. The molecule has 1 N–H and O–H groups in total. The van der Waals surface area contributed by atoms with Gasteiger partial charge in [-0.25, -0.2) is 4.90 Å². The van der Waals surface area contributed by atoms with Crippen LogP contribution in [-0.4, -0.2) is 75.8 Å². The number of hydrogen-bond donors (Lipinski definition) is 1. The number of esters is 3. The van der Waals surface area contributed by atoms with Crippen molar-refractivity contribution in [2.45, 2.75) is 65.1 Å². The lowest BCUT2D eigenvalue weighted by atomic mass is 9.96. The summed E-state index contributed by atoms with van der Waals surface area (Å²) in [5, 5.41) is 1.87. The molecule has 2 aromatic heterocycles. The Morgan fingerprint density at radius 1 is 0.574 bits per heavy atom. The SMILES string of the molecule is CC(=O)OC[C@H]1OC(n2c3c(OCc4ccccc4)cccc3c3c4c(c5c6cccc(OCc7ccccc7)c6[nH]c5c32)C(=O)N(COCc2ccccc2)C4=O)[C@H](OC(C)=O)[C@@H]1OC(C)=O. The number of amides is 2. The summed E-state index contributed by atoms with van der Waals surface area (Å²) in [6.07, 6.45) is -5.05. The van der Waals surface area contributed by atoms with Crippen LogP contribution in [0.15, 0.2) is 127 Å². The lowest BCUT2D eigenvalue weighted by molar-refractivity contribution is -0.166. The standard InChI is InChI=1S/C53H45N3O12/c1-30(57)63-28-40-49(66-31(2)58)50(67-32(3)59)53(68-40)56-47-37(22-14-24-39(47)65-27-35-19-11-6-12-20-35)42-44-43(51(60)55(52(44)61)29-62-25-33-15-7-4-8-16-33)41-36-21-13-23-38(45(36)54-46(41)48(42)56)64-26-34-17-9-5-10-18-34/h4-24,40,49-50,53-54H,25-29H2,1-3H3/t40-,49-,50-,53?/m1/s1. The van der Waals surface area contributed by atoms with Gasteiger partial charge in [0.2, 0.25) is 0 Å². The molecule has 0 radical (unpaired) electrons. The molecule has 4 heterocycles. The van der Waals surface area contributed by atoms with Crippen LogP contribution < -0.4 is 9.47 Å². The van der Waals surface area contributed by atoms with Gasteiger partial charge in [-0.3, -0.25) is 24.0 Å². The molecule has 8 aromatic rings. The number of nitrogens with one attached hydrogen (secondary N) is 1. The molecule has 1 unspecified atom stereocenters. The van der Waals surface area contributed by atoms with Crippen molar-refractivity contribution in [3.8, 4) is 11.5 Å². The number of ether oxygens (including phenoxy) is 7. The zero-order valence-corrected chi connectivity index (χ0v) is 37.3. The van der Waals surface area contributed by atoms with Crippen LogP contribution in [0.5, 0.6) is 11.5 Å². The molecular weight excluding hydrogens is 871 g/mol. The van der Waals surface area contributed by atoms with Crippen molar-refractivity contribution in [3.05, 3.63) is 155 Å². The van der Waals surface area contributed by atoms with E-state index in [0.717, 1.165) is 21.6 Å². The zero-order valence-electron chi connectivity index (χ0n) is 37.3. The predicted octanol–water partition coefficient (Wildman–Crippen LogP) is 8.68. The number of para-hydroxylation sites is 2. The second-order valence-electron chi connectivity index (χ2n) is 16.6. The van der Waals surface area contributed by atoms with Crippen molar-refractivity contribution in [1.29, 1.82) is 0 Å². The summed E-state index contributed by atoms with van der Waals surface area (Å²) in [6, 6.07) is 39.5. The molecule has 6 aromatic carbocycles. The minimum atomic E-state index is -1.34. The molecular formula is C53H45N3O12. The molecule has 15 nitrogen and oxygen atoms in total. The lowest BCUT2D eigenvalue weighted by Crippen LogP contribution is -2.40. The number of carbonyl (C=O) groups excluding carboxylic acids is 5. The third-order valence-corrected chi connectivity index (χ3v) is 12.1. The molecule has 10 rings (SSSR count). The normalized spacial score (nSPS) is 17.8. The monoisotopic (exact) mass is 915 g/mol. The Bertz CT molecular complexity index is 3260. The molecule has 0 saturated carbocycles. The summed E-state index contributed by atoms with van der Waals surface area (Å²) >= 11 is 0. The summed E-state index contributed by atoms with van der Waals surface area (Å²) in [7, 11) is 0. The number of carbonyl (C=O) groups is 5. The van der Waals surface area contributed by atoms with Gasteiger partial charge in [0.05, 0.1) is 39.8 Å². The van der Waals surface area contributed by atoms with Gasteiger partial charge in [0.1, 0.15) is 44.2 Å². The molecule has 344 valence electrons. The van der Waals surface area contributed by atoms with E-state index in [1.807, 2.05) is 115 Å². The third-order valence-electron chi connectivity index (χ3n) is 12.1. The number of imide groups is 1. The molecule has 0 spiro atoms. The highest BCUT2D eigenvalue weighted by atomic mass is 16.7. The van der Waals surface area contributed by atoms with Crippen LogP contribution in [0, 0.1) is 0 Å². The molecule has 15 heteroatoms. The summed E-state index contributed by atoms with van der Waals surface area (Å²) < 4.78 is 45.0. The number of rotatable bonds is 15. The zero-order chi connectivity index (χ0) is 47.1. The maximum Gasteiger partial charge on any atom is 0.303 e. The number of H-pyrrole nitrogens is 1. The van der Waals surface area contributed by atoms with Gasteiger partial charge in [0.25, 0.3) is 11.8 Å². The third kappa shape index (κ3) is 8.05. The van der Waals surface area contributed by atoms with Crippen molar-refractivity contribution >= 4 is 73.3 Å². The molecule has 4 atom stereocenters. The Labute approximate surface area is 389 Å². The Morgan fingerprint density at radius 3 is 1.72 bits per heavy atom. The quantitative estimate of drug-likeness (QED) is 0.0590. The van der Waals surface area contributed by atoms with Gasteiger partial charge in [-0.1, -0.05) is 115 Å². The first kappa shape index (κ1) is 43.9. The van der Waals surface area contributed by atoms with Crippen LogP contribution in [0.3, 0.4) is 0 Å². The molecule has 2 aliphatic heterocycles. The van der Waals surface area contributed by atoms with E-state index in [0.29, 0.717) is 55.1 Å². The van der Waals surface area contributed by atoms with Crippen LogP contribution in [0.1, 0.15) is 64.4 Å². The van der Waals surface area contributed by atoms with Crippen LogP contribution in [0.4, 0.5) is 0 Å². The average molecular weight is 916 g/mol. The van der Waals surface area contributed by atoms with Gasteiger partial charge in [0.15, 0.2) is 18.4 Å². The Kier molecular flexibility index (Phi) is 11.8. The van der Waals surface area contributed by atoms with E-state index in [1.165, 1.54) is 20.8 Å². The van der Waals surface area contributed by atoms with E-state index in [4.69, 9.17) is 33.2 Å². The van der Waals surface area contributed by atoms with E-state index in [-0.39, 0.29) is 44.3 Å². The minimum Gasteiger partial charge on any atom is -0.487 e. The highest BCUT2D eigenvalue weighted by Gasteiger charge is 2.52. The van der Waals surface area contributed by atoms with Gasteiger partial charge in [0, 0.05) is 42.3 Å². The highest BCUT2D eigenvalue weighted by Crippen LogP contribution is 2.50. The maximum absolute atomic E-state index is 15.2. The predicted molar refractivity (Wildman–Crippen MR) is 249 cm³/mol. The molecule has 0 aliphatic carbocycles. The first-order chi connectivity index (χ1) is 33.1. The van der Waals surface area contributed by atoms with Gasteiger partial charge < -0.3 is 42.7 Å². The number of benzene rings is 6. The fourth-order valence-electron chi connectivity index (χ4n) is 9.31. The van der Waals surface area contributed by atoms with E-state index in [2.05, 4.69) is 4.98 Å². The summed E-state index contributed by atoms with van der Waals surface area (Å²) in [6.45, 7) is 3.48. The van der Waals surface area contributed by atoms with Crippen LogP contribution in [0.25, 0.3) is 43.6 Å². The largest absolute Gasteiger partial charge is 0.487 e. The van der Waals surface area contributed by atoms with Crippen molar-refractivity contribution in [3.63, 3.8) is 0 Å². The number of fused-ring (bicyclic) bond motifs is 10. The van der Waals surface area contributed by atoms with Crippen LogP contribution in [0.2, 0.25) is 0 Å². The minimum absolute atomic E-state index is 0.108. The van der Waals surface area contributed by atoms with Crippen molar-refractivity contribution < 1.29 is 57.1 Å². The second kappa shape index (κ2) is 18.3. The Hall–Kier alpha value is -8.01. The van der Waals surface area contributed by atoms with Gasteiger partial charge in [-0.05, 0) is 28.8 Å². The van der Waals surface area contributed by atoms with Gasteiger partial charge in [-0.15, -0.1) is 0 Å². The van der Waals surface area contributed by atoms with E-state index in [1.54, 1.807) is 16.7 Å². The number of aromatic amines is 1. The highest BCUT2D eigenvalue weighted by molar-refractivity contribution is 6.39. The number of aromatic nitrogens is 2. The van der Waals surface area contributed by atoms with Crippen LogP contribution in [-0.2, 0) is 57.9 Å². The fourth-order valence-corrected chi connectivity index (χ4v) is 9.31. The smallest absolute Gasteiger partial charge is 0.303 e. The Morgan fingerprint density at radius 2 is 1.12 bits per heavy atom. The van der Waals surface area contributed by atoms with Gasteiger partial charge in [-0.2, -0.15) is 0 Å².